The van der Waals surface area contributed by atoms with Crippen LogP contribution in [0, 0.1) is 6.92 Å². The molecule has 1 aliphatic rings. The van der Waals surface area contributed by atoms with Crippen LogP contribution in [0.3, 0.4) is 0 Å². The van der Waals surface area contributed by atoms with Crippen LogP contribution in [0.2, 0.25) is 0 Å². The molecule has 0 unspecified atom stereocenters. The van der Waals surface area contributed by atoms with Gasteiger partial charge in [0.1, 0.15) is 0 Å². The molecular weight excluding hydrogens is 312 g/mol. The zero-order chi connectivity index (χ0) is 16.7. The van der Waals surface area contributed by atoms with Gasteiger partial charge in [-0.3, -0.25) is 14.5 Å². The maximum Gasteiger partial charge on any atom is 0.243 e. The van der Waals surface area contributed by atoms with Crippen LogP contribution in [0.1, 0.15) is 11.1 Å². The number of hydrogen-bond acceptors (Lipinski definition) is 5. The van der Waals surface area contributed by atoms with Crippen molar-refractivity contribution in [2.75, 3.05) is 43.0 Å². The minimum absolute atomic E-state index is 0.0664. The molecule has 2 amide bonds. The first-order valence-electron chi connectivity index (χ1n) is 7.75. The van der Waals surface area contributed by atoms with Crippen LogP contribution in [-0.4, -0.2) is 54.4 Å². The number of nitrogens with one attached hydrogen (secondary N) is 2. The zero-order valence-electron chi connectivity index (χ0n) is 13.4. The van der Waals surface area contributed by atoms with Crippen molar-refractivity contribution < 1.29 is 9.59 Å². The van der Waals surface area contributed by atoms with E-state index >= 15 is 0 Å². The van der Waals surface area contributed by atoms with E-state index in [1.807, 2.05) is 30.8 Å². The number of anilines is 1. The Bertz CT molecular complexity index is 559. The number of nitrogens with zero attached hydrogens (tertiary/aromatic N) is 1. The van der Waals surface area contributed by atoms with Crippen LogP contribution in [0.15, 0.2) is 18.2 Å². The van der Waals surface area contributed by atoms with Crippen molar-refractivity contribution in [3.8, 4) is 0 Å². The Morgan fingerprint density at radius 2 is 2.00 bits per heavy atom. The van der Waals surface area contributed by atoms with Gasteiger partial charge >= 0.3 is 0 Å². The highest BCUT2D eigenvalue weighted by atomic mass is 32.2. The summed E-state index contributed by atoms with van der Waals surface area (Å²) in [6, 6.07) is 5.94. The van der Waals surface area contributed by atoms with Crippen molar-refractivity contribution in [3.63, 3.8) is 0 Å². The minimum Gasteiger partial charge on any atom is -0.346 e. The highest BCUT2D eigenvalue weighted by Gasteiger charge is 2.14. The SMILES string of the molecule is Cc1c(CN2CCSCC2)cccc1NC(=O)CNC(=O)CN. The summed E-state index contributed by atoms with van der Waals surface area (Å²) in [4.78, 5) is 25.4. The Morgan fingerprint density at radius 3 is 2.70 bits per heavy atom. The summed E-state index contributed by atoms with van der Waals surface area (Å²) in [7, 11) is 0. The number of rotatable bonds is 6. The second-order valence-corrected chi connectivity index (χ2v) is 6.73. The van der Waals surface area contributed by atoms with E-state index < -0.39 is 0 Å². The van der Waals surface area contributed by atoms with Crippen LogP contribution >= 0.6 is 11.8 Å². The highest BCUT2D eigenvalue weighted by Crippen LogP contribution is 2.21. The third-order valence-electron chi connectivity index (χ3n) is 3.85. The Labute approximate surface area is 141 Å². The van der Waals surface area contributed by atoms with Crippen molar-refractivity contribution in [1.29, 1.82) is 0 Å². The molecule has 0 aliphatic carbocycles. The molecule has 0 radical (unpaired) electrons. The maximum atomic E-state index is 11.9. The van der Waals surface area contributed by atoms with E-state index in [0.29, 0.717) is 0 Å². The van der Waals surface area contributed by atoms with Crippen LogP contribution in [0.25, 0.3) is 0 Å². The lowest BCUT2D eigenvalue weighted by Crippen LogP contribution is -2.36. The first-order chi connectivity index (χ1) is 11.1. The number of benzene rings is 1. The summed E-state index contributed by atoms with van der Waals surface area (Å²) >= 11 is 1.99. The lowest BCUT2D eigenvalue weighted by atomic mass is 10.1. The van der Waals surface area contributed by atoms with E-state index in [2.05, 4.69) is 21.6 Å². The van der Waals surface area contributed by atoms with E-state index in [1.54, 1.807) is 0 Å². The number of carbonyl (C=O) groups is 2. The van der Waals surface area contributed by atoms with Gasteiger partial charge in [0.15, 0.2) is 0 Å². The molecule has 7 heteroatoms. The average molecular weight is 336 g/mol. The molecule has 1 aliphatic heterocycles. The lowest BCUT2D eigenvalue weighted by Gasteiger charge is -2.27. The monoisotopic (exact) mass is 336 g/mol. The Balaban J connectivity index is 1.95. The summed E-state index contributed by atoms with van der Waals surface area (Å²) in [6.45, 7) is 4.94. The van der Waals surface area contributed by atoms with Gasteiger partial charge < -0.3 is 16.4 Å². The van der Waals surface area contributed by atoms with Crippen molar-refractivity contribution in [2.24, 2.45) is 5.73 Å². The van der Waals surface area contributed by atoms with Gasteiger partial charge in [-0.2, -0.15) is 11.8 Å². The molecule has 1 saturated heterocycles. The second kappa shape index (κ2) is 8.90. The Kier molecular flexibility index (Phi) is 6.88. The smallest absolute Gasteiger partial charge is 0.243 e. The fraction of sp³-hybridized carbons (Fsp3) is 0.500. The molecule has 0 saturated carbocycles. The predicted octanol–water partition coefficient (Wildman–Crippen LogP) is 0.557. The molecular formula is C16H24N4O2S. The molecule has 2 rings (SSSR count). The molecule has 1 aromatic carbocycles. The number of amides is 2. The van der Waals surface area contributed by atoms with E-state index in [0.717, 1.165) is 30.9 Å². The molecule has 0 atom stereocenters. The summed E-state index contributed by atoms with van der Waals surface area (Å²) < 4.78 is 0. The van der Waals surface area contributed by atoms with Crippen molar-refractivity contribution in [1.82, 2.24) is 10.2 Å². The normalized spacial score (nSPS) is 15.2. The predicted molar refractivity (Wildman–Crippen MR) is 94.5 cm³/mol. The van der Waals surface area contributed by atoms with Gasteiger partial charge in [0.05, 0.1) is 13.1 Å². The summed E-state index contributed by atoms with van der Waals surface area (Å²) in [5.74, 6) is 1.77. The molecule has 23 heavy (non-hydrogen) atoms. The van der Waals surface area contributed by atoms with Gasteiger partial charge in [0, 0.05) is 36.8 Å². The highest BCUT2D eigenvalue weighted by molar-refractivity contribution is 7.99. The first-order valence-corrected chi connectivity index (χ1v) is 8.91. The largest absolute Gasteiger partial charge is 0.346 e. The minimum atomic E-state index is -0.339. The molecule has 1 heterocycles. The van der Waals surface area contributed by atoms with Gasteiger partial charge in [-0.15, -0.1) is 0 Å². The number of thioether (sulfide) groups is 1. The van der Waals surface area contributed by atoms with Crippen molar-refractivity contribution in [3.05, 3.63) is 29.3 Å². The Morgan fingerprint density at radius 1 is 1.26 bits per heavy atom. The number of hydrogen-bond donors (Lipinski definition) is 3. The van der Waals surface area contributed by atoms with Crippen LogP contribution in [0.5, 0.6) is 0 Å². The standard InChI is InChI=1S/C16H24N4O2S/c1-12-13(11-20-5-7-23-8-6-20)3-2-4-14(12)19-16(22)10-18-15(21)9-17/h2-4H,5-11,17H2,1H3,(H,18,21)(H,19,22). The molecule has 0 spiro atoms. The molecule has 0 bridgehead atoms. The van der Waals surface area contributed by atoms with E-state index in [9.17, 15) is 9.59 Å². The van der Waals surface area contributed by atoms with Gasteiger partial charge in [0.2, 0.25) is 11.8 Å². The molecule has 126 valence electrons. The van der Waals surface area contributed by atoms with Gasteiger partial charge in [0.25, 0.3) is 0 Å². The van der Waals surface area contributed by atoms with Crippen LogP contribution in [-0.2, 0) is 16.1 Å². The molecule has 1 fully saturated rings. The zero-order valence-corrected chi connectivity index (χ0v) is 14.2. The van der Waals surface area contributed by atoms with Crippen molar-refractivity contribution >= 4 is 29.3 Å². The molecule has 4 N–H and O–H groups in total. The topological polar surface area (TPSA) is 87.5 Å². The van der Waals surface area contributed by atoms with E-state index in [-0.39, 0.29) is 24.9 Å². The summed E-state index contributed by atoms with van der Waals surface area (Å²) in [5.41, 5.74) is 8.28. The third-order valence-corrected chi connectivity index (χ3v) is 4.79. The summed E-state index contributed by atoms with van der Waals surface area (Å²) in [6.07, 6.45) is 0. The van der Waals surface area contributed by atoms with Crippen LogP contribution < -0.4 is 16.4 Å². The van der Waals surface area contributed by atoms with Gasteiger partial charge in [-0.05, 0) is 24.1 Å². The number of carbonyl (C=O) groups excluding carboxylic acids is 2. The quantitative estimate of drug-likeness (QED) is 0.706. The third kappa shape index (κ3) is 5.53. The fourth-order valence-corrected chi connectivity index (χ4v) is 3.41. The number of nitrogens with two attached hydrogens (primary N) is 1. The second-order valence-electron chi connectivity index (χ2n) is 5.51. The average Bonchev–Trinajstić information content (AvgIpc) is 2.57. The molecule has 1 aromatic rings. The first kappa shape index (κ1) is 17.8. The van der Waals surface area contributed by atoms with Crippen LogP contribution in [0.4, 0.5) is 5.69 Å². The van der Waals surface area contributed by atoms with Gasteiger partial charge in [-0.25, -0.2) is 0 Å². The fourth-order valence-electron chi connectivity index (χ4n) is 2.44. The lowest BCUT2D eigenvalue weighted by molar-refractivity contribution is -0.123. The van der Waals surface area contributed by atoms with Gasteiger partial charge in [-0.1, -0.05) is 12.1 Å². The Hall–Kier alpha value is -1.57. The van der Waals surface area contributed by atoms with E-state index in [1.165, 1.54) is 17.1 Å². The van der Waals surface area contributed by atoms with E-state index in [4.69, 9.17) is 5.73 Å². The maximum absolute atomic E-state index is 11.9. The molecule has 6 nitrogen and oxygen atoms in total. The van der Waals surface area contributed by atoms with Crippen molar-refractivity contribution in [2.45, 2.75) is 13.5 Å². The molecule has 0 aromatic heterocycles. The summed E-state index contributed by atoms with van der Waals surface area (Å²) in [5, 5.41) is 5.32.